The molecule has 1 unspecified atom stereocenters. The summed E-state index contributed by atoms with van der Waals surface area (Å²) in [5, 5.41) is 13.0. The molecular weight excluding hydrogens is 352 g/mol. The molecule has 0 saturated carbocycles. The number of carbonyl (C=O) groups is 2. The third-order valence-electron chi connectivity index (χ3n) is 4.56. The predicted molar refractivity (Wildman–Crippen MR) is 96.8 cm³/mol. The molecule has 2 aliphatic rings. The van der Waals surface area contributed by atoms with Gasteiger partial charge in [0.25, 0.3) is 0 Å². The van der Waals surface area contributed by atoms with Crippen molar-refractivity contribution in [1.82, 2.24) is 5.32 Å². The van der Waals surface area contributed by atoms with Gasteiger partial charge < -0.3 is 10.1 Å². The Labute approximate surface area is 157 Å². The minimum absolute atomic E-state index is 0.00378. The van der Waals surface area contributed by atoms with E-state index in [4.69, 9.17) is 16.3 Å². The second-order valence-electron chi connectivity index (χ2n) is 7.38. The second-order valence-corrected chi connectivity index (χ2v) is 7.82. The Morgan fingerprint density at radius 2 is 1.96 bits per heavy atom. The number of Topliss-reactive ketones (excluding diaryl/α,β-unsaturated/α-hetero) is 2. The van der Waals surface area contributed by atoms with E-state index in [1.807, 2.05) is 32.0 Å². The summed E-state index contributed by atoms with van der Waals surface area (Å²) < 4.78 is 5.84. The van der Waals surface area contributed by atoms with Crippen molar-refractivity contribution in [1.29, 1.82) is 5.26 Å². The van der Waals surface area contributed by atoms with E-state index in [9.17, 15) is 14.9 Å². The van der Waals surface area contributed by atoms with Crippen molar-refractivity contribution in [3.05, 3.63) is 57.6 Å². The van der Waals surface area contributed by atoms with E-state index >= 15 is 0 Å². The molecule has 1 atom stereocenters. The van der Waals surface area contributed by atoms with Crippen molar-refractivity contribution in [3.63, 3.8) is 0 Å². The average molecular weight is 371 g/mol. The zero-order valence-corrected chi connectivity index (χ0v) is 15.6. The molecule has 0 radical (unpaired) electrons. The molecule has 0 fully saturated rings. The molecule has 0 spiro atoms. The van der Waals surface area contributed by atoms with E-state index in [1.54, 1.807) is 12.1 Å². The predicted octanol–water partition coefficient (Wildman–Crippen LogP) is 3.97. The van der Waals surface area contributed by atoms with Crippen molar-refractivity contribution in [3.8, 4) is 6.07 Å². The highest BCUT2D eigenvalue weighted by atomic mass is 35.5. The van der Waals surface area contributed by atoms with Crippen LogP contribution in [-0.4, -0.2) is 11.6 Å². The zero-order valence-electron chi connectivity index (χ0n) is 14.9. The quantitative estimate of drug-likeness (QED) is 0.629. The molecule has 1 heterocycles. The lowest BCUT2D eigenvalue weighted by Crippen LogP contribution is -2.39. The number of carbonyl (C=O) groups excluding carboxylic acids is 2. The molecule has 134 valence electrons. The topological polar surface area (TPSA) is 79.2 Å². The third kappa shape index (κ3) is 3.38. The molecule has 6 heteroatoms. The van der Waals surface area contributed by atoms with Crippen molar-refractivity contribution >= 4 is 23.2 Å². The monoisotopic (exact) mass is 370 g/mol. The van der Waals surface area contributed by atoms with Crippen LogP contribution in [0.5, 0.6) is 0 Å². The number of rotatable bonds is 2. The highest BCUT2D eigenvalue weighted by molar-refractivity contribution is 6.30. The molecule has 1 aliphatic carbocycles. The normalized spacial score (nSPS) is 23.3. The number of ether oxygens (including phenoxy) is 1. The van der Waals surface area contributed by atoms with Crippen molar-refractivity contribution in [2.45, 2.75) is 39.7 Å². The molecule has 1 aromatic carbocycles. The van der Waals surface area contributed by atoms with Crippen LogP contribution in [0, 0.1) is 16.7 Å². The van der Waals surface area contributed by atoms with Gasteiger partial charge in [-0.25, -0.2) is 0 Å². The summed E-state index contributed by atoms with van der Waals surface area (Å²) in [4.78, 5) is 24.6. The van der Waals surface area contributed by atoms with Gasteiger partial charge in [0, 0.05) is 24.8 Å². The zero-order chi connectivity index (χ0) is 19.1. The van der Waals surface area contributed by atoms with E-state index < -0.39 is 11.8 Å². The number of nitrogens with one attached hydrogen (secondary N) is 1. The van der Waals surface area contributed by atoms with Gasteiger partial charge in [-0.1, -0.05) is 37.6 Å². The fourth-order valence-electron chi connectivity index (χ4n) is 3.36. The Morgan fingerprint density at radius 1 is 1.31 bits per heavy atom. The maximum atomic E-state index is 12.8. The molecule has 0 saturated heterocycles. The van der Waals surface area contributed by atoms with E-state index in [0.717, 1.165) is 5.56 Å². The van der Waals surface area contributed by atoms with Crippen LogP contribution in [0.15, 0.2) is 47.1 Å². The lowest BCUT2D eigenvalue weighted by atomic mass is 9.74. The van der Waals surface area contributed by atoms with Gasteiger partial charge in [0.15, 0.2) is 17.1 Å². The lowest BCUT2D eigenvalue weighted by Gasteiger charge is -2.39. The maximum Gasteiger partial charge on any atom is 0.215 e. The molecule has 5 nitrogen and oxygen atoms in total. The van der Waals surface area contributed by atoms with Gasteiger partial charge in [-0.3, -0.25) is 9.59 Å². The SMILES string of the molecule is CC(=O)/C(C#N)=C1\NC(c2ccc(Cl)cc2)C2=C(CC(C)(C)CC2=O)O1. The number of nitrogens with zero attached hydrogens (tertiary/aromatic N) is 1. The number of ketones is 2. The molecular formula is C20H19ClN2O3. The van der Waals surface area contributed by atoms with Crippen LogP contribution in [-0.2, 0) is 14.3 Å². The number of hydrogen-bond acceptors (Lipinski definition) is 5. The standard InChI is InChI=1S/C20H19ClN2O3/c1-11(24)14(10-22)19-23-18(12-4-6-13(21)7-5-12)17-15(25)8-20(2,3)9-16(17)26-19/h4-7,18,23H,8-9H2,1-3H3/b19-14+. The van der Waals surface area contributed by atoms with Crippen molar-refractivity contribution in [2.75, 3.05) is 0 Å². The number of benzene rings is 1. The lowest BCUT2D eigenvalue weighted by molar-refractivity contribution is -0.119. The molecule has 1 aromatic rings. The van der Waals surface area contributed by atoms with E-state index in [0.29, 0.717) is 29.2 Å². The third-order valence-corrected chi connectivity index (χ3v) is 4.81. The Hall–Kier alpha value is -2.58. The first-order valence-electron chi connectivity index (χ1n) is 8.33. The van der Waals surface area contributed by atoms with Gasteiger partial charge in [0.2, 0.25) is 5.88 Å². The fraction of sp³-hybridized carbons (Fsp3) is 0.350. The van der Waals surface area contributed by atoms with Crippen LogP contribution >= 0.6 is 11.6 Å². The van der Waals surface area contributed by atoms with Gasteiger partial charge in [-0.15, -0.1) is 0 Å². The minimum atomic E-state index is -0.489. The number of halogens is 1. The Kier molecular flexibility index (Phi) is 4.64. The molecule has 0 amide bonds. The molecule has 26 heavy (non-hydrogen) atoms. The molecule has 1 aliphatic heterocycles. The molecule has 0 bridgehead atoms. The van der Waals surface area contributed by atoms with Crippen LogP contribution in [0.4, 0.5) is 0 Å². The second kappa shape index (κ2) is 6.62. The van der Waals surface area contributed by atoms with E-state index in [2.05, 4.69) is 5.32 Å². The first kappa shape index (κ1) is 18.2. The van der Waals surface area contributed by atoms with Crippen LogP contribution in [0.3, 0.4) is 0 Å². The number of allylic oxidation sites excluding steroid dienone is 2. The summed E-state index contributed by atoms with van der Waals surface area (Å²) in [7, 11) is 0. The number of hydrogen-bond donors (Lipinski definition) is 1. The minimum Gasteiger partial charge on any atom is -0.444 e. The maximum absolute atomic E-state index is 12.8. The van der Waals surface area contributed by atoms with Gasteiger partial charge in [0.05, 0.1) is 11.6 Å². The van der Waals surface area contributed by atoms with Crippen LogP contribution < -0.4 is 5.32 Å². The average Bonchev–Trinajstić information content (AvgIpc) is 2.53. The van der Waals surface area contributed by atoms with Gasteiger partial charge in [0.1, 0.15) is 11.8 Å². The summed E-state index contributed by atoms with van der Waals surface area (Å²) in [5.41, 5.74) is 1.03. The smallest absolute Gasteiger partial charge is 0.215 e. The van der Waals surface area contributed by atoms with E-state index in [1.165, 1.54) is 6.92 Å². The summed E-state index contributed by atoms with van der Waals surface area (Å²) in [5.74, 6) is 0.234. The summed E-state index contributed by atoms with van der Waals surface area (Å²) >= 11 is 5.98. The number of nitriles is 1. The van der Waals surface area contributed by atoms with Gasteiger partial charge >= 0.3 is 0 Å². The first-order valence-corrected chi connectivity index (χ1v) is 8.71. The van der Waals surface area contributed by atoms with Crippen LogP contribution in [0.25, 0.3) is 0 Å². The molecule has 0 aromatic heterocycles. The summed E-state index contributed by atoms with van der Waals surface area (Å²) in [6, 6.07) is 8.53. The van der Waals surface area contributed by atoms with Crippen molar-refractivity contribution in [2.24, 2.45) is 5.41 Å². The first-order chi connectivity index (χ1) is 12.2. The van der Waals surface area contributed by atoms with Crippen LogP contribution in [0.2, 0.25) is 5.02 Å². The summed E-state index contributed by atoms with van der Waals surface area (Å²) in [6.07, 6.45) is 0.970. The van der Waals surface area contributed by atoms with Crippen LogP contribution in [0.1, 0.15) is 45.2 Å². The molecule has 3 rings (SSSR count). The van der Waals surface area contributed by atoms with Gasteiger partial charge in [-0.05, 0) is 23.1 Å². The van der Waals surface area contributed by atoms with Gasteiger partial charge in [-0.2, -0.15) is 5.26 Å². The Balaban J connectivity index is 2.17. The Morgan fingerprint density at radius 3 is 2.54 bits per heavy atom. The van der Waals surface area contributed by atoms with E-state index in [-0.39, 0.29) is 22.7 Å². The molecule has 1 N–H and O–H groups in total. The van der Waals surface area contributed by atoms with Crippen molar-refractivity contribution < 1.29 is 14.3 Å². The highest BCUT2D eigenvalue weighted by Crippen LogP contribution is 2.44. The highest BCUT2D eigenvalue weighted by Gasteiger charge is 2.41. The Bertz CT molecular complexity index is 889. The fourth-order valence-corrected chi connectivity index (χ4v) is 3.49. The summed E-state index contributed by atoms with van der Waals surface area (Å²) in [6.45, 7) is 5.31. The largest absolute Gasteiger partial charge is 0.444 e.